The normalized spacial score (nSPS) is 16.9. The SMILES string of the molecule is CC1=CCN(C(=O)NC[C@@H](C)C(=O)OC(C)C)CC1. The van der Waals surface area contributed by atoms with Gasteiger partial charge in [0.05, 0.1) is 12.0 Å². The van der Waals surface area contributed by atoms with E-state index >= 15 is 0 Å². The summed E-state index contributed by atoms with van der Waals surface area (Å²) in [5.41, 5.74) is 1.32. The molecule has 0 saturated carbocycles. The molecule has 19 heavy (non-hydrogen) atoms. The minimum absolute atomic E-state index is 0.118. The third kappa shape index (κ3) is 5.32. The van der Waals surface area contributed by atoms with Gasteiger partial charge in [-0.1, -0.05) is 18.6 Å². The third-order valence-corrected chi connectivity index (χ3v) is 3.04. The molecule has 0 radical (unpaired) electrons. The van der Waals surface area contributed by atoms with Crippen LogP contribution in [-0.4, -0.2) is 42.6 Å². The zero-order chi connectivity index (χ0) is 14.4. The van der Waals surface area contributed by atoms with Crippen LogP contribution in [0.5, 0.6) is 0 Å². The van der Waals surface area contributed by atoms with Crippen LogP contribution in [0.25, 0.3) is 0 Å². The number of urea groups is 1. The number of hydrogen-bond acceptors (Lipinski definition) is 3. The van der Waals surface area contributed by atoms with Gasteiger partial charge in [-0.2, -0.15) is 0 Å². The highest BCUT2D eigenvalue weighted by atomic mass is 16.5. The molecule has 0 bridgehead atoms. The fourth-order valence-corrected chi connectivity index (χ4v) is 1.74. The molecule has 5 heteroatoms. The van der Waals surface area contributed by atoms with Crippen molar-refractivity contribution in [3.05, 3.63) is 11.6 Å². The fraction of sp³-hybridized carbons (Fsp3) is 0.714. The third-order valence-electron chi connectivity index (χ3n) is 3.04. The van der Waals surface area contributed by atoms with E-state index in [0.29, 0.717) is 13.1 Å². The monoisotopic (exact) mass is 268 g/mol. The minimum Gasteiger partial charge on any atom is -0.463 e. The first-order chi connectivity index (χ1) is 8.90. The second-order valence-corrected chi connectivity index (χ2v) is 5.32. The maximum Gasteiger partial charge on any atom is 0.317 e. The van der Waals surface area contributed by atoms with Crippen molar-refractivity contribution < 1.29 is 14.3 Å². The summed E-state index contributed by atoms with van der Waals surface area (Å²) in [6.07, 6.45) is 2.85. The molecule has 5 nitrogen and oxygen atoms in total. The Balaban J connectivity index is 2.32. The standard InChI is InChI=1S/C14H24N2O3/c1-10(2)19-13(17)12(4)9-15-14(18)16-7-5-11(3)6-8-16/h5,10,12H,6-9H2,1-4H3,(H,15,18)/t12-/m1/s1. The van der Waals surface area contributed by atoms with Gasteiger partial charge in [0.1, 0.15) is 0 Å². The molecule has 0 unspecified atom stereocenters. The molecule has 0 spiro atoms. The van der Waals surface area contributed by atoms with E-state index < -0.39 is 0 Å². The van der Waals surface area contributed by atoms with Crippen molar-refractivity contribution in [1.29, 1.82) is 0 Å². The molecule has 1 atom stereocenters. The lowest BCUT2D eigenvalue weighted by Crippen LogP contribution is -2.44. The maximum absolute atomic E-state index is 11.9. The van der Waals surface area contributed by atoms with Crippen molar-refractivity contribution in [2.45, 2.75) is 40.2 Å². The van der Waals surface area contributed by atoms with Gasteiger partial charge in [0.15, 0.2) is 0 Å². The van der Waals surface area contributed by atoms with Crippen molar-refractivity contribution in [1.82, 2.24) is 10.2 Å². The van der Waals surface area contributed by atoms with E-state index in [1.165, 1.54) is 5.57 Å². The molecule has 1 heterocycles. The lowest BCUT2D eigenvalue weighted by molar-refractivity contribution is -0.151. The second-order valence-electron chi connectivity index (χ2n) is 5.32. The van der Waals surface area contributed by atoms with Crippen molar-refractivity contribution >= 4 is 12.0 Å². The minimum atomic E-state index is -0.326. The van der Waals surface area contributed by atoms with Crippen molar-refractivity contribution in [3.8, 4) is 0 Å². The molecule has 0 fully saturated rings. The molecule has 1 N–H and O–H groups in total. The molecule has 0 saturated heterocycles. The quantitative estimate of drug-likeness (QED) is 0.626. The highest BCUT2D eigenvalue weighted by Gasteiger charge is 2.19. The van der Waals surface area contributed by atoms with E-state index in [2.05, 4.69) is 18.3 Å². The molecular weight excluding hydrogens is 244 g/mol. The van der Waals surface area contributed by atoms with Crippen LogP contribution >= 0.6 is 0 Å². The van der Waals surface area contributed by atoms with Crippen LogP contribution in [0.1, 0.15) is 34.1 Å². The summed E-state index contributed by atoms with van der Waals surface area (Å²) in [7, 11) is 0. The van der Waals surface area contributed by atoms with E-state index in [-0.39, 0.29) is 24.0 Å². The van der Waals surface area contributed by atoms with Crippen LogP contribution in [0, 0.1) is 5.92 Å². The van der Waals surface area contributed by atoms with Gasteiger partial charge < -0.3 is 15.0 Å². The first-order valence-electron chi connectivity index (χ1n) is 6.79. The first kappa shape index (κ1) is 15.5. The van der Waals surface area contributed by atoms with E-state index in [9.17, 15) is 9.59 Å². The van der Waals surface area contributed by atoms with E-state index in [4.69, 9.17) is 4.74 Å². The Morgan fingerprint density at radius 2 is 2.11 bits per heavy atom. The molecule has 1 aliphatic heterocycles. The lowest BCUT2D eigenvalue weighted by Gasteiger charge is -2.26. The van der Waals surface area contributed by atoms with Gasteiger partial charge in [0.25, 0.3) is 0 Å². The Morgan fingerprint density at radius 3 is 2.63 bits per heavy atom. The number of amides is 2. The number of rotatable bonds is 4. The van der Waals surface area contributed by atoms with Crippen LogP contribution in [-0.2, 0) is 9.53 Å². The molecule has 0 aromatic heterocycles. The number of hydrogen-bond donors (Lipinski definition) is 1. The summed E-state index contributed by atoms with van der Waals surface area (Å²) in [6.45, 7) is 9.13. The Kier molecular flexibility index (Phi) is 5.86. The summed E-state index contributed by atoms with van der Waals surface area (Å²) in [6, 6.07) is -0.118. The van der Waals surface area contributed by atoms with Crippen LogP contribution in [0.15, 0.2) is 11.6 Å². The predicted octanol–water partition coefficient (Wildman–Crippen LogP) is 1.94. The second kappa shape index (κ2) is 7.16. The van der Waals surface area contributed by atoms with Gasteiger partial charge in [-0.3, -0.25) is 4.79 Å². The number of carbonyl (C=O) groups excluding carboxylic acids is 2. The van der Waals surface area contributed by atoms with E-state index in [1.807, 2.05) is 13.8 Å². The predicted molar refractivity (Wildman–Crippen MR) is 73.7 cm³/mol. The maximum atomic E-state index is 11.9. The highest BCUT2D eigenvalue weighted by molar-refractivity contribution is 5.77. The van der Waals surface area contributed by atoms with Crippen LogP contribution in [0.3, 0.4) is 0 Å². The summed E-state index contributed by atoms with van der Waals surface area (Å²) >= 11 is 0. The zero-order valence-corrected chi connectivity index (χ0v) is 12.2. The number of ether oxygens (including phenoxy) is 1. The number of nitrogens with one attached hydrogen (secondary N) is 1. The average Bonchev–Trinajstić information content (AvgIpc) is 2.35. The summed E-state index contributed by atoms with van der Waals surface area (Å²) in [5, 5.41) is 2.78. The van der Waals surface area contributed by atoms with Gasteiger partial charge in [0, 0.05) is 19.6 Å². The van der Waals surface area contributed by atoms with Crippen molar-refractivity contribution in [2.75, 3.05) is 19.6 Å². The summed E-state index contributed by atoms with van der Waals surface area (Å²) < 4.78 is 5.09. The molecule has 2 amide bonds. The fourth-order valence-electron chi connectivity index (χ4n) is 1.74. The first-order valence-corrected chi connectivity index (χ1v) is 6.79. The Morgan fingerprint density at radius 1 is 1.42 bits per heavy atom. The van der Waals surface area contributed by atoms with Gasteiger partial charge >= 0.3 is 12.0 Å². The van der Waals surface area contributed by atoms with E-state index in [1.54, 1.807) is 11.8 Å². The smallest absolute Gasteiger partial charge is 0.317 e. The summed E-state index contributed by atoms with van der Waals surface area (Å²) in [4.78, 5) is 25.2. The molecule has 0 aliphatic carbocycles. The van der Waals surface area contributed by atoms with Gasteiger partial charge in [-0.15, -0.1) is 0 Å². The molecule has 0 aromatic rings. The molecule has 1 aliphatic rings. The molecular formula is C14H24N2O3. The van der Waals surface area contributed by atoms with Crippen molar-refractivity contribution in [2.24, 2.45) is 5.92 Å². The molecule has 0 aromatic carbocycles. The van der Waals surface area contributed by atoms with Crippen LogP contribution in [0.4, 0.5) is 4.79 Å². The van der Waals surface area contributed by atoms with Crippen LogP contribution < -0.4 is 5.32 Å². The molecule has 108 valence electrons. The number of carbonyl (C=O) groups is 2. The van der Waals surface area contributed by atoms with Gasteiger partial charge in [-0.05, 0) is 27.2 Å². The molecule has 1 rings (SSSR count). The van der Waals surface area contributed by atoms with Gasteiger partial charge in [-0.25, -0.2) is 4.79 Å². The topological polar surface area (TPSA) is 58.6 Å². The van der Waals surface area contributed by atoms with E-state index in [0.717, 1.165) is 13.0 Å². The Bertz CT molecular complexity index is 364. The largest absolute Gasteiger partial charge is 0.463 e. The highest BCUT2D eigenvalue weighted by Crippen LogP contribution is 2.09. The van der Waals surface area contributed by atoms with Gasteiger partial charge in [0.2, 0.25) is 0 Å². The van der Waals surface area contributed by atoms with Crippen molar-refractivity contribution in [3.63, 3.8) is 0 Å². The number of esters is 1. The van der Waals surface area contributed by atoms with Crippen LogP contribution in [0.2, 0.25) is 0 Å². The lowest BCUT2D eigenvalue weighted by atomic mass is 10.1. The Hall–Kier alpha value is -1.52. The summed E-state index contributed by atoms with van der Waals surface area (Å²) in [5.74, 6) is -0.599. The number of nitrogens with zero attached hydrogens (tertiary/aromatic N) is 1. The average molecular weight is 268 g/mol. The Labute approximate surface area is 115 Å². The zero-order valence-electron chi connectivity index (χ0n) is 12.2.